The molecule has 0 amide bonds. The van der Waals surface area contributed by atoms with Crippen LogP contribution >= 0.6 is 11.6 Å². The van der Waals surface area contributed by atoms with Crippen LogP contribution in [-0.4, -0.2) is 22.0 Å². The second-order valence-electron chi connectivity index (χ2n) is 4.76. The Morgan fingerprint density at radius 1 is 1.26 bits per heavy atom. The number of benzene rings is 2. The summed E-state index contributed by atoms with van der Waals surface area (Å²) in [7, 11) is 1.53. The van der Waals surface area contributed by atoms with Gasteiger partial charge in [-0.25, -0.2) is 4.68 Å². The first-order valence-corrected chi connectivity index (χ1v) is 7.14. The van der Waals surface area contributed by atoms with Crippen molar-refractivity contribution in [1.29, 1.82) is 5.26 Å². The quantitative estimate of drug-likeness (QED) is 0.795. The van der Waals surface area contributed by atoms with E-state index in [0.717, 1.165) is 0 Å². The Bertz CT molecular complexity index is 912. The summed E-state index contributed by atoms with van der Waals surface area (Å²) in [6.45, 7) is 0. The van der Waals surface area contributed by atoms with Crippen LogP contribution in [0, 0.1) is 11.3 Å². The van der Waals surface area contributed by atoms with Crippen molar-refractivity contribution in [3.63, 3.8) is 0 Å². The number of halogens is 1. The van der Waals surface area contributed by atoms with Gasteiger partial charge in [0.15, 0.2) is 0 Å². The molecule has 6 heteroatoms. The minimum Gasteiger partial charge on any atom is -0.507 e. The first-order chi connectivity index (χ1) is 11.2. The monoisotopic (exact) mass is 325 g/mol. The number of hydrogen-bond donors (Lipinski definition) is 1. The average Bonchev–Trinajstić information content (AvgIpc) is 3.03. The maximum atomic E-state index is 10.2. The van der Waals surface area contributed by atoms with Crippen LogP contribution in [0.4, 0.5) is 0 Å². The van der Waals surface area contributed by atoms with Gasteiger partial charge < -0.3 is 9.84 Å². The first kappa shape index (κ1) is 14.9. The van der Waals surface area contributed by atoms with E-state index in [2.05, 4.69) is 11.2 Å². The molecule has 0 atom stereocenters. The second-order valence-corrected chi connectivity index (χ2v) is 5.16. The summed E-state index contributed by atoms with van der Waals surface area (Å²) in [5, 5.41) is 24.2. The van der Waals surface area contributed by atoms with E-state index >= 15 is 0 Å². The predicted octanol–water partition coefficient (Wildman–Crippen LogP) is 3.78. The molecule has 1 heterocycles. The van der Waals surface area contributed by atoms with Crippen molar-refractivity contribution >= 4 is 11.6 Å². The Morgan fingerprint density at radius 3 is 2.78 bits per heavy atom. The number of phenols is 1. The zero-order valence-corrected chi connectivity index (χ0v) is 12.9. The zero-order chi connectivity index (χ0) is 16.4. The number of nitrogens with zero attached hydrogens (tertiary/aromatic N) is 3. The molecule has 0 aliphatic carbocycles. The Hall–Kier alpha value is -2.97. The highest BCUT2D eigenvalue weighted by Crippen LogP contribution is 2.34. The van der Waals surface area contributed by atoms with Crippen LogP contribution in [0.3, 0.4) is 0 Å². The fraction of sp³-hybridized carbons (Fsp3) is 0.0588. The summed E-state index contributed by atoms with van der Waals surface area (Å²) in [5.41, 5.74) is 2.10. The number of nitriles is 1. The molecule has 114 valence electrons. The molecule has 0 aliphatic heterocycles. The minimum absolute atomic E-state index is 0.0617. The van der Waals surface area contributed by atoms with Gasteiger partial charge >= 0.3 is 0 Å². The predicted molar refractivity (Wildman–Crippen MR) is 86.9 cm³/mol. The number of ether oxygens (including phenoxy) is 1. The summed E-state index contributed by atoms with van der Waals surface area (Å²) < 4.78 is 6.67. The van der Waals surface area contributed by atoms with Gasteiger partial charge in [-0.15, -0.1) is 0 Å². The zero-order valence-electron chi connectivity index (χ0n) is 12.2. The SMILES string of the molecule is COc1ccc(-c2ccnn2-c2cccc(Cl)c2C#N)c(O)c1. The van der Waals surface area contributed by atoms with E-state index in [1.807, 2.05) is 0 Å². The molecular weight excluding hydrogens is 314 g/mol. The Balaban J connectivity index is 2.19. The van der Waals surface area contributed by atoms with Crippen LogP contribution in [0.5, 0.6) is 11.5 Å². The summed E-state index contributed by atoms with van der Waals surface area (Å²) in [6.07, 6.45) is 1.60. The fourth-order valence-electron chi connectivity index (χ4n) is 2.35. The number of aromatic nitrogens is 2. The van der Waals surface area contributed by atoms with Gasteiger partial charge in [0, 0.05) is 11.6 Å². The van der Waals surface area contributed by atoms with Crippen LogP contribution in [0.15, 0.2) is 48.7 Å². The molecule has 0 saturated carbocycles. The standard InChI is InChI=1S/C17H12ClN3O2/c1-23-11-5-6-12(17(22)9-11)16-7-8-20-21(16)15-4-2-3-14(18)13(15)10-19/h2-9,22H,1H3. The number of aromatic hydroxyl groups is 1. The van der Waals surface area contributed by atoms with E-state index < -0.39 is 0 Å². The van der Waals surface area contributed by atoms with Crippen molar-refractivity contribution in [2.45, 2.75) is 0 Å². The van der Waals surface area contributed by atoms with Gasteiger partial charge in [-0.2, -0.15) is 10.4 Å². The maximum Gasteiger partial charge on any atom is 0.128 e. The summed E-state index contributed by atoms with van der Waals surface area (Å²) >= 11 is 6.09. The highest BCUT2D eigenvalue weighted by atomic mass is 35.5. The van der Waals surface area contributed by atoms with Gasteiger partial charge in [-0.3, -0.25) is 0 Å². The lowest BCUT2D eigenvalue weighted by Gasteiger charge is -2.12. The van der Waals surface area contributed by atoms with E-state index in [9.17, 15) is 10.4 Å². The Kier molecular flexibility index (Phi) is 3.92. The Morgan fingerprint density at radius 2 is 2.09 bits per heavy atom. The molecule has 0 radical (unpaired) electrons. The van der Waals surface area contributed by atoms with Crippen LogP contribution in [0.1, 0.15) is 5.56 Å². The molecule has 0 fully saturated rings. The molecule has 3 aromatic rings. The van der Waals surface area contributed by atoms with Crippen LogP contribution < -0.4 is 4.74 Å². The third-order valence-electron chi connectivity index (χ3n) is 3.46. The topological polar surface area (TPSA) is 71.1 Å². The van der Waals surface area contributed by atoms with Gasteiger partial charge in [0.25, 0.3) is 0 Å². The number of phenolic OH excluding ortho intramolecular Hbond substituents is 1. The molecular formula is C17H12ClN3O2. The fourth-order valence-corrected chi connectivity index (χ4v) is 2.57. The molecule has 0 bridgehead atoms. The third kappa shape index (κ3) is 2.60. The van der Waals surface area contributed by atoms with Crippen molar-refractivity contribution in [2.75, 3.05) is 7.11 Å². The van der Waals surface area contributed by atoms with Gasteiger partial charge in [0.1, 0.15) is 17.6 Å². The van der Waals surface area contributed by atoms with Crippen molar-refractivity contribution < 1.29 is 9.84 Å². The molecule has 0 saturated heterocycles. The van der Waals surface area contributed by atoms with Gasteiger partial charge in [-0.1, -0.05) is 17.7 Å². The molecule has 0 unspecified atom stereocenters. The van der Waals surface area contributed by atoms with Gasteiger partial charge in [-0.05, 0) is 30.3 Å². The van der Waals surface area contributed by atoms with Crippen LogP contribution in [-0.2, 0) is 0 Å². The van der Waals surface area contributed by atoms with Crippen LogP contribution in [0.25, 0.3) is 16.9 Å². The Labute approximate surface area is 137 Å². The van der Waals surface area contributed by atoms with Crippen molar-refractivity contribution in [3.8, 4) is 34.5 Å². The lowest BCUT2D eigenvalue weighted by atomic mass is 10.1. The lowest BCUT2D eigenvalue weighted by Crippen LogP contribution is -2.02. The van der Waals surface area contributed by atoms with E-state index in [-0.39, 0.29) is 5.75 Å². The molecule has 0 spiro atoms. The average molecular weight is 326 g/mol. The van der Waals surface area contributed by atoms with Crippen molar-refractivity contribution in [1.82, 2.24) is 9.78 Å². The number of methoxy groups -OCH3 is 1. The van der Waals surface area contributed by atoms with Gasteiger partial charge in [0.2, 0.25) is 0 Å². The summed E-state index contributed by atoms with van der Waals surface area (Å²) in [6, 6.07) is 14.0. The summed E-state index contributed by atoms with van der Waals surface area (Å²) in [5.74, 6) is 0.615. The second kappa shape index (κ2) is 6.03. The van der Waals surface area contributed by atoms with Crippen molar-refractivity contribution in [2.24, 2.45) is 0 Å². The van der Waals surface area contributed by atoms with E-state index in [4.69, 9.17) is 16.3 Å². The lowest BCUT2D eigenvalue weighted by molar-refractivity contribution is 0.408. The molecule has 1 aromatic heterocycles. The normalized spacial score (nSPS) is 10.3. The molecule has 23 heavy (non-hydrogen) atoms. The van der Waals surface area contributed by atoms with E-state index in [0.29, 0.717) is 33.3 Å². The smallest absolute Gasteiger partial charge is 0.128 e. The molecule has 1 N–H and O–H groups in total. The summed E-state index contributed by atoms with van der Waals surface area (Å²) in [4.78, 5) is 0. The highest BCUT2D eigenvalue weighted by molar-refractivity contribution is 6.32. The van der Waals surface area contributed by atoms with E-state index in [1.165, 1.54) is 13.2 Å². The van der Waals surface area contributed by atoms with Gasteiger partial charge in [0.05, 0.1) is 35.3 Å². The molecule has 3 rings (SSSR count). The first-order valence-electron chi connectivity index (χ1n) is 6.76. The van der Waals surface area contributed by atoms with Crippen molar-refractivity contribution in [3.05, 3.63) is 59.2 Å². The molecule has 2 aromatic carbocycles. The van der Waals surface area contributed by atoms with E-state index in [1.54, 1.807) is 47.3 Å². The molecule has 0 aliphatic rings. The highest BCUT2D eigenvalue weighted by Gasteiger charge is 2.16. The largest absolute Gasteiger partial charge is 0.507 e. The van der Waals surface area contributed by atoms with Crippen LogP contribution in [0.2, 0.25) is 5.02 Å². The number of rotatable bonds is 3. The number of hydrogen-bond acceptors (Lipinski definition) is 4. The minimum atomic E-state index is 0.0617. The molecule has 5 nitrogen and oxygen atoms in total. The maximum absolute atomic E-state index is 10.2. The third-order valence-corrected chi connectivity index (χ3v) is 3.77.